The number of nitrogens with one attached hydrogen (secondary N) is 4. The lowest BCUT2D eigenvalue weighted by Crippen LogP contribution is -2.57. The zero-order chi connectivity index (χ0) is 23.9. The fraction of sp³-hybridized carbons (Fsp3) is 0.600. The Balaban J connectivity index is 2.09. The van der Waals surface area contributed by atoms with Gasteiger partial charge in [0, 0.05) is 17.5 Å². The predicted octanol–water partition coefficient (Wildman–Crippen LogP) is 1.62. The molecule has 1 aliphatic carbocycles. The fourth-order valence-electron chi connectivity index (χ4n) is 4.32. The van der Waals surface area contributed by atoms with Crippen molar-refractivity contribution in [2.24, 2.45) is 5.41 Å². The molecule has 0 spiro atoms. The largest absolute Gasteiger partial charge is 0.495 e. The smallest absolute Gasteiger partial charge is 0.417 e. The van der Waals surface area contributed by atoms with Crippen molar-refractivity contribution in [3.8, 4) is 0 Å². The molecule has 0 saturated carbocycles. The zero-order valence-corrected chi connectivity index (χ0v) is 18.6. The zero-order valence-electron chi connectivity index (χ0n) is 17.9. The number of carbonyl (C=O) groups is 2. The maximum absolute atomic E-state index is 14.2. The minimum absolute atomic E-state index is 0.0228. The molecule has 0 aromatic carbocycles. The van der Waals surface area contributed by atoms with Crippen LogP contribution in [0.4, 0.5) is 13.2 Å². The minimum atomic E-state index is -4.97. The average molecular weight is 479 g/mol. The van der Waals surface area contributed by atoms with E-state index in [4.69, 9.17) is 21.5 Å². The lowest BCUT2D eigenvalue weighted by atomic mass is 9.76. The number of methoxy groups -OCH3 is 1. The molecule has 1 saturated heterocycles. The molecule has 0 aromatic heterocycles. The first-order chi connectivity index (χ1) is 14.9. The van der Waals surface area contributed by atoms with Crippen LogP contribution in [0.2, 0.25) is 0 Å². The van der Waals surface area contributed by atoms with Crippen LogP contribution in [-0.2, 0) is 14.3 Å². The normalized spacial score (nSPS) is 27.8. The van der Waals surface area contributed by atoms with E-state index in [0.29, 0.717) is 25.9 Å². The predicted molar refractivity (Wildman–Crippen MR) is 110 cm³/mol. The van der Waals surface area contributed by atoms with Crippen molar-refractivity contribution in [3.05, 3.63) is 34.3 Å². The van der Waals surface area contributed by atoms with E-state index in [1.54, 1.807) is 6.92 Å². The van der Waals surface area contributed by atoms with Crippen molar-refractivity contribution in [3.63, 3.8) is 0 Å². The van der Waals surface area contributed by atoms with Crippen molar-refractivity contribution in [1.82, 2.24) is 21.4 Å². The number of hydrogen-bond acceptors (Lipinski definition) is 6. The number of dihydropyridines is 1. The van der Waals surface area contributed by atoms with Crippen LogP contribution in [0.3, 0.4) is 0 Å². The molecule has 0 aromatic rings. The summed E-state index contributed by atoms with van der Waals surface area (Å²) < 4.78 is 47.8. The molecule has 1 fully saturated rings. The summed E-state index contributed by atoms with van der Waals surface area (Å²) in [5.74, 6) is -1.58. The lowest BCUT2D eigenvalue weighted by molar-refractivity contribution is -0.132. The molecule has 32 heavy (non-hydrogen) atoms. The van der Waals surface area contributed by atoms with Gasteiger partial charge in [0.2, 0.25) is 5.91 Å². The van der Waals surface area contributed by atoms with Gasteiger partial charge < -0.3 is 20.7 Å². The summed E-state index contributed by atoms with van der Waals surface area (Å²) in [6.07, 6.45) is -2.37. The molecule has 5 N–H and O–H groups in total. The number of allylic oxidation sites excluding steroid dienone is 1. The number of piperidine rings is 1. The molecule has 2 unspecified atom stereocenters. The van der Waals surface area contributed by atoms with Crippen molar-refractivity contribution in [2.45, 2.75) is 43.8 Å². The number of hydrogen-bond donors (Lipinski definition) is 5. The highest BCUT2D eigenvalue weighted by molar-refractivity contribution is 6.27. The quantitative estimate of drug-likeness (QED) is 0.238. The van der Waals surface area contributed by atoms with Gasteiger partial charge in [-0.15, -0.1) is 11.6 Å². The van der Waals surface area contributed by atoms with Crippen LogP contribution in [0.5, 0.6) is 0 Å². The van der Waals surface area contributed by atoms with Crippen LogP contribution in [0.15, 0.2) is 34.3 Å². The summed E-state index contributed by atoms with van der Waals surface area (Å²) >= 11 is 6.72. The van der Waals surface area contributed by atoms with Gasteiger partial charge in [-0.05, 0) is 38.9 Å². The van der Waals surface area contributed by atoms with Gasteiger partial charge in [-0.3, -0.25) is 14.8 Å². The topological polar surface area (TPSA) is 112 Å². The van der Waals surface area contributed by atoms with E-state index < -0.39 is 51.7 Å². The Bertz CT molecular complexity index is 905. The molecule has 2 atom stereocenters. The third-order valence-corrected chi connectivity index (χ3v) is 6.73. The Hall–Kier alpha value is -2.24. The van der Waals surface area contributed by atoms with Gasteiger partial charge in [0.25, 0.3) is 5.91 Å². The summed E-state index contributed by atoms with van der Waals surface area (Å²) in [4.78, 5) is 23.3. The Labute approximate surface area is 188 Å². The van der Waals surface area contributed by atoms with Crippen molar-refractivity contribution < 1.29 is 32.7 Å². The molecule has 178 valence electrons. The third kappa shape index (κ3) is 4.20. The van der Waals surface area contributed by atoms with Crippen LogP contribution < -0.4 is 21.4 Å². The van der Waals surface area contributed by atoms with Crippen LogP contribution in [0, 0.1) is 5.41 Å². The maximum Gasteiger partial charge on any atom is 0.417 e. The van der Waals surface area contributed by atoms with Gasteiger partial charge in [0.05, 0.1) is 34.9 Å². The Morgan fingerprint density at radius 1 is 1.28 bits per heavy atom. The van der Waals surface area contributed by atoms with E-state index in [2.05, 4.69) is 16.0 Å². The van der Waals surface area contributed by atoms with Gasteiger partial charge in [-0.25, -0.2) is 5.48 Å². The second-order valence-electron chi connectivity index (χ2n) is 8.47. The summed E-state index contributed by atoms with van der Waals surface area (Å²) in [6, 6.07) is -1.06. The van der Waals surface area contributed by atoms with E-state index in [-0.39, 0.29) is 17.4 Å². The van der Waals surface area contributed by atoms with Gasteiger partial charge in [-0.1, -0.05) is 6.92 Å². The number of rotatable bonds is 4. The highest BCUT2D eigenvalue weighted by atomic mass is 35.5. The molecule has 3 rings (SSSR count). The summed E-state index contributed by atoms with van der Waals surface area (Å²) in [6.45, 7) is 3.93. The first kappa shape index (κ1) is 24.4. The number of carbonyl (C=O) groups excluding carboxylic acids is 2. The Morgan fingerprint density at radius 3 is 2.44 bits per heavy atom. The van der Waals surface area contributed by atoms with Gasteiger partial charge in [0.1, 0.15) is 5.76 Å². The molecule has 2 amide bonds. The van der Waals surface area contributed by atoms with Crippen molar-refractivity contribution in [2.75, 3.05) is 26.7 Å². The third-order valence-electron chi connectivity index (χ3n) is 6.30. The number of halogens is 4. The van der Waals surface area contributed by atoms with E-state index in [0.717, 1.165) is 0 Å². The van der Waals surface area contributed by atoms with Crippen LogP contribution in [-0.4, -0.2) is 60.9 Å². The first-order valence-corrected chi connectivity index (χ1v) is 10.4. The van der Waals surface area contributed by atoms with E-state index >= 15 is 0 Å². The van der Waals surface area contributed by atoms with Gasteiger partial charge in [0.15, 0.2) is 0 Å². The average Bonchev–Trinajstić information content (AvgIpc) is 2.74. The van der Waals surface area contributed by atoms with Crippen LogP contribution in [0.1, 0.15) is 26.7 Å². The highest BCUT2D eigenvalue weighted by Crippen LogP contribution is 2.49. The summed E-state index contributed by atoms with van der Waals surface area (Å²) in [5, 5.41) is 17.7. The van der Waals surface area contributed by atoms with E-state index in [1.807, 2.05) is 0 Å². The second kappa shape index (κ2) is 8.60. The molecule has 0 radical (unpaired) electrons. The molecule has 12 heteroatoms. The number of hydroxylamine groups is 1. The standard InChI is InChI=1S/C20H26ClF3N4O4/c1-18(4-6-25-7-5-18)17(30)27-12-8-11(32-3)15-14(19(12,2)21)13(20(22,23)24)10(9-26-15)16(29)28-31/h8,12,25-26,31H,4-7,9H2,1-3H3,(H,27,30)(H,28,29). The lowest BCUT2D eigenvalue weighted by Gasteiger charge is -2.43. The molecule has 2 heterocycles. The SMILES string of the molecule is COC1=CC(NC(=O)C2(C)CCNCC2)C(C)(Cl)C2=C1NCC(C(=O)NO)=C2C(F)(F)F. The molecular weight excluding hydrogens is 453 g/mol. The van der Waals surface area contributed by atoms with Crippen LogP contribution in [0.25, 0.3) is 0 Å². The number of amides is 2. The maximum atomic E-state index is 14.2. The minimum Gasteiger partial charge on any atom is -0.495 e. The molecule has 2 aliphatic heterocycles. The first-order valence-electron chi connectivity index (χ1n) is 10.1. The van der Waals surface area contributed by atoms with Crippen molar-refractivity contribution in [1.29, 1.82) is 0 Å². The fourth-order valence-corrected chi connectivity index (χ4v) is 4.62. The molecule has 8 nitrogen and oxygen atoms in total. The van der Waals surface area contributed by atoms with Gasteiger partial charge >= 0.3 is 6.18 Å². The second-order valence-corrected chi connectivity index (χ2v) is 9.25. The van der Waals surface area contributed by atoms with E-state index in [1.165, 1.54) is 25.6 Å². The van der Waals surface area contributed by atoms with Crippen LogP contribution >= 0.6 is 11.6 Å². The Morgan fingerprint density at radius 2 is 1.91 bits per heavy atom. The van der Waals surface area contributed by atoms with Crippen molar-refractivity contribution >= 4 is 23.4 Å². The molecular formula is C20H26ClF3N4O4. The molecule has 3 aliphatic rings. The van der Waals surface area contributed by atoms with E-state index in [9.17, 15) is 22.8 Å². The van der Waals surface area contributed by atoms with Gasteiger partial charge in [-0.2, -0.15) is 13.2 Å². The number of alkyl halides is 4. The highest BCUT2D eigenvalue weighted by Gasteiger charge is 2.53. The Kier molecular flexibility index (Phi) is 6.56. The summed E-state index contributed by atoms with van der Waals surface area (Å²) in [7, 11) is 1.29. The summed E-state index contributed by atoms with van der Waals surface area (Å²) in [5.41, 5.74) is -1.91. The number of ether oxygens (including phenoxy) is 1. The molecule has 0 bridgehead atoms. The monoisotopic (exact) mass is 478 g/mol.